The summed E-state index contributed by atoms with van der Waals surface area (Å²) < 4.78 is 17.3. The van der Waals surface area contributed by atoms with Gasteiger partial charge in [0.05, 0.1) is 25.4 Å². The minimum absolute atomic E-state index is 0.0673. The van der Waals surface area contributed by atoms with Crippen LogP contribution in [0.15, 0.2) is 18.2 Å². The van der Waals surface area contributed by atoms with Gasteiger partial charge >= 0.3 is 0 Å². The number of morpholine rings is 1. The summed E-state index contributed by atoms with van der Waals surface area (Å²) >= 11 is 0. The molecular weight excluding hydrogens is 372 g/mol. The summed E-state index contributed by atoms with van der Waals surface area (Å²) in [5.41, 5.74) is 0.846. The van der Waals surface area contributed by atoms with Gasteiger partial charge in [0.2, 0.25) is 0 Å². The molecule has 2 heterocycles. The van der Waals surface area contributed by atoms with Crippen molar-refractivity contribution in [3.05, 3.63) is 23.8 Å². The average molecular weight is 405 g/mol. The van der Waals surface area contributed by atoms with Crippen molar-refractivity contribution in [1.29, 1.82) is 0 Å². The van der Waals surface area contributed by atoms with Crippen molar-refractivity contribution in [2.75, 3.05) is 40.0 Å². The zero-order valence-corrected chi connectivity index (χ0v) is 17.6. The van der Waals surface area contributed by atoms with Crippen LogP contribution in [0, 0.1) is 0 Å². The molecule has 4 rings (SSSR count). The van der Waals surface area contributed by atoms with Crippen LogP contribution in [-0.4, -0.2) is 84.6 Å². The number of carbonyl (C=O) groups is 1. The Labute approximate surface area is 172 Å². The van der Waals surface area contributed by atoms with Gasteiger partial charge in [-0.3, -0.25) is 9.69 Å². The molecule has 2 fully saturated rings. The molecule has 0 unspecified atom stereocenters. The summed E-state index contributed by atoms with van der Waals surface area (Å²) in [6.07, 6.45) is 1.96. The van der Waals surface area contributed by atoms with Crippen molar-refractivity contribution in [2.24, 2.45) is 0 Å². The first-order chi connectivity index (χ1) is 13.9. The molecule has 160 valence electrons. The molecule has 0 aromatic heterocycles. The summed E-state index contributed by atoms with van der Waals surface area (Å²) in [6.45, 7) is 7.11. The molecule has 0 bridgehead atoms. The fraction of sp³-hybridized carbons (Fsp3) is 0.682. The maximum absolute atomic E-state index is 12.8. The summed E-state index contributed by atoms with van der Waals surface area (Å²) in [5, 5.41) is 10.9. The Balaban J connectivity index is 1.34. The van der Waals surface area contributed by atoms with Crippen molar-refractivity contribution < 1.29 is 24.1 Å². The molecule has 1 aliphatic carbocycles. The zero-order chi connectivity index (χ0) is 20.6. The highest BCUT2D eigenvalue weighted by Crippen LogP contribution is 2.41. The van der Waals surface area contributed by atoms with E-state index < -0.39 is 6.10 Å². The molecule has 1 N–H and O–H groups in total. The Hall–Kier alpha value is -1.83. The Morgan fingerprint density at radius 3 is 2.83 bits per heavy atom. The summed E-state index contributed by atoms with van der Waals surface area (Å²) in [7, 11) is 1.76. The maximum atomic E-state index is 12.8. The number of benzene rings is 1. The first kappa shape index (κ1) is 20.4. The van der Waals surface area contributed by atoms with E-state index in [9.17, 15) is 9.90 Å². The third kappa shape index (κ3) is 4.22. The Morgan fingerprint density at radius 1 is 1.31 bits per heavy atom. The summed E-state index contributed by atoms with van der Waals surface area (Å²) in [4.78, 5) is 16.7. The number of hydrogen-bond donors (Lipinski definition) is 1. The Kier molecular flexibility index (Phi) is 5.73. The number of aliphatic hydroxyl groups excluding tert-OH is 1. The van der Waals surface area contributed by atoms with Gasteiger partial charge in [0, 0.05) is 38.2 Å². The van der Waals surface area contributed by atoms with Crippen LogP contribution in [0.4, 0.5) is 0 Å². The van der Waals surface area contributed by atoms with Gasteiger partial charge in [0.1, 0.15) is 5.60 Å². The largest absolute Gasteiger partial charge is 0.483 e. The third-order valence-electron chi connectivity index (χ3n) is 6.36. The number of aliphatic hydroxyl groups is 1. The number of nitrogens with zero attached hydrogens (tertiary/aromatic N) is 2. The van der Waals surface area contributed by atoms with Gasteiger partial charge in [0.25, 0.3) is 5.91 Å². The molecular formula is C22H32N2O5. The lowest BCUT2D eigenvalue weighted by Gasteiger charge is -2.36. The lowest BCUT2D eigenvalue weighted by molar-refractivity contribution is -0.136. The lowest BCUT2D eigenvalue weighted by atomic mass is 10.0. The predicted molar refractivity (Wildman–Crippen MR) is 108 cm³/mol. The fourth-order valence-corrected chi connectivity index (χ4v) is 4.80. The van der Waals surface area contributed by atoms with Gasteiger partial charge in [-0.05, 0) is 32.8 Å². The van der Waals surface area contributed by atoms with E-state index >= 15 is 0 Å². The molecule has 7 nitrogen and oxygen atoms in total. The van der Waals surface area contributed by atoms with Gasteiger partial charge < -0.3 is 24.2 Å². The number of likely N-dealkylation sites (N-methyl/N-ethyl adjacent to an activating group) is 1. The van der Waals surface area contributed by atoms with Crippen LogP contribution >= 0.6 is 0 Å². The van der Waals surface area contributed by atoms with E-state index in [-0.39, 0.29) is 30.2 Å². The van der Waals surface area contributed by atoms with Crippen molar-refractivity contribution in [3.8, 4) is 11.5 Å². The standard InChI is InChI=1S/C22H32N2O5/c1-22(2)13-15-5-4-6-18(21(15)29-22)28-14-19(25)23(3)16-7-8-17(20(16)26)24-9-11-27-12-10-24/h4-6,16-17,20,26H,7-14H2,1-3H3/t16-,17-,20-/m1/s1. The molecule has 3 aliphatic rings. The average Bonchev–Trinajstić information content (AvgIpc) is 3.24. The van der Waals surface area contributed by atoms with E-state index in [1.165, 1.54) is 0 Å². The number of para-hydroxylation sites is 1. The quantitative estimate of drug-likeness (QED) is 0.801. The van der Waals surface area contributed by atoms with E-state index in [2.05, 4.69) is 4.90 Å². The highest BCUT2D eigenvalue weighted by molar-refractivity contribution is 5.78. The van der Waals surface area contributed by atoms with Crippen LogP contribution in [0.3, 0.4) is 0 Å². The second kappa shape index (κ2) is 8.13. The number of rotatable bonds is 5. The van der Waals surface area contributed by atoms with Crippen LogP contribution < -0.4 is 9.47 Å². The van der Waals surface area contributed by atoms with Crippen LogP contribution in [-0.2, 0) is 16.0 Å². The van der Waals surface area contributed by atoms with E-state index in [4.69, 9.17) is 14.2 Å². The molecule has 1 aromatic carbocycles. The number of amides is 1. The first-order valence-electron chi connectivity index (χ1n) is 10.5. The Morgan fingerprint density at radius 2 is 2.07 bits per heavy atom. The SMILES string of the molecule is CN(C(=O)COc1cccc2c1OC(C)(C)C2)[C@@H]1CC[C@@H](N2CCOCC2)[C@@H]1O. The molecule has 3 atom stereocenters. The maximum Gasteiger partial charge on any atom is 0.260 e. The first-order valence-corrected chi connectivity index (χ1v) is 10.5. The van der Waals surface area contributed by atoms with Gasteiger partial charge in [0.15, 0.2) is 18.1 Å². The number of fused-ring (bicyclic) bond motifs is 1. The van der Waals surface area contributed by atoms with Gasteiger partial charge in [-0.1, -0.05) is 12.1 Å². The smallest absolute Gasteiger partial charge is 0.260 e. The molecule has 1 aromatic rings. The molecule has 0 radical (unpaired) electrons. The number of ether oxygens (including phenoxy) is 3. The molecule has 1 saturated carbocycles. The molecule has 2 aliphatic heterocycles. The number of hydrogen-bond acceptors (Lipinski definition) is 6. The van der Waals surface area contributed by atoms with Gasteiger partial charge in [-0.15, -0.1) is 0 Å². The summed E-state index contributed by atoms with van der Waals surface area (Å²) in [5.74, 6) is 1.21. The van der Waals surface area contributed by atoms with Crippen molar-refractivity contribution >= 4 is 5.91 Å². The topological polar surface area (TPSA) is 71.5 Å². The molecule has 0 spiro atoms. The van der Waals surface area contributed by atoms with Crippen LogP contribution in [0.25, 0.3) is 0 Å². The van der Waals surface area contributed by atoms with E-state index in [0.29, 0.717) is 19.0 Å². The van der Waals surface area contributed by atoms with Crippen LogP contribution in [0.1, 0.15) is 32.3 Å². The van der Waals surface area contributed by atoms with E-state index in [0.717, 1.165) is 43.7 Å². The molecule has 1 amide bonds. The number of carbonyl (C=O) groups excluding carboxylic acids is 1. The van der Waals surface area contributed by atoms with Gasteiger partial charge in [-0.25, -0.2) is 0 Å². The summed E-state index contributed by atoms with van der Waals surface area (Å²) in [6, 6.07) is 5.71. The second-order valence-corrected chi connectivity index (χ2v) is 8.93. The highest BCUT2D eigenvalue weighted by atomic mass is 16.5. The highest BCUT2D eigenvalue weighted by Gasteiger charge is 2.42. The van der Waals surface area contributed by atoms with E-state index in [1.807, 2.05) is 32.0 Å². The fourth-order valence-electron chi connectivity index (χ4n) is 4.80. The minimum atomic E-state index is -0.549. The normalized spacial score (nSPS) is 28.6. The zero-order valence-electron chi connectivity index (χ0n) is 17.6. The Bertz CT molecular complexity index is 747. The monoisotopic (exact) mass is 404 g/mol. The predicted octanol–water partition coefficient (Wildman–Crippen LogP) is 1.46. The van der Waals surface area contributed by atoms with Gasteiger partial charge in [-0.2, -0.15) is 0 Å². The van der Waals surface area contributed by atoms with Crippen LogP contribution in [0.2, 0.25) is 0 Å². The molecule has 1 saturated heterocycles. The third-order valence-corrected chi connectivity index (χ3v) is 6.36. The molecule has 7 heteroatoms. The van der Waals surface area contributed by atoms with E-state index in [1.54, 1.807) is 11.9 Å². The van der Waals surface area contributed by atoms with Crippen molar-refractivity contribution in [1.82, 2.24) is 9.80 Å². The van der Waals surface area contributed by atoms with Crippen molar-refractivity contribution in [2.45, 2.75) is 56.9 Å². The minimum Gasteiger partial charge on any atom is -0.483 e. The lowest BCUT2D eigenvalue weighted by Crippen LogP contribution is -2.52. The second-order valence-electron chi connectivity index (χ2n) is 8.93. The molecule has 29 heavy (non-hydrogen) atoms. The van der Waals surface area contributed by atoms with Crippen molar-refractivity contribution in [3.63, 3.8) is 0 Å². The van der Waals surface area contributed by atoms with Crippen LogP contribution in [0.5, 0.6) is 11.5 Å².